The van der Waals surface area contributed by atoms with Gasteiger partial charge < -0.3 is 10.3 Å². The molecule has 21 heavy (non-hydrogen) atoms. The van der Waals surface area contributed by atoms with Gasteiger partial charge in [-0.2, -0.15) is 0 Å². The van der Waals surface area contributed by atoms with Crippen molar-refractivity contribution in [3.05, 3.63) is 75.5 Å². The Labute approximate surface area is 133 Å². The number of hydrogen-bond acceptors (Lipinski definition) is 2. The standard InChI is InChI=1S/C16H13ClN2O.ClH/c17-12-6-7-14-15(8-12)19(10-11(9-18)16(14)20)13-4-2-1-3-5-13;/h1-8,10H,9,18H2;1H. The van der Waals surface area contributed by atoms with Crippen LogP contribution in [0.3, 0.4) is 0 Å². The van der Waals surface area contributed by atoms with Crippen molar-refractivity contribution in [1.82, 2.24) is 4.57 Å². The average Bonchev–Trinajstić information content (AvgIpc) is 2.48. The number of pyridine rings is 1. The lowest BCUT2D eigenvalue weighted by Gasteiger charge is -2.13. The van der Waals surface area contributed by atoms with Crippen molar-refractivity contribution in [2.24, 2.45) is 5.73 Å². The molecule has 0 unspecified atom stereocenters. The van der Waals surface area contributed by atoms with Crippen molar-refractivity contribution in [2.45, 2.75) is 6.54 Å². The van der Waals surface area contributed by atoms with Crippen LogP contribution < -0.4 is 11.2 Å². The molecule has 2 N–H and O–H groups in total. The monoisotopic (exact) mass is 320 g/mol. The number of hydrogen-bond donors (Lipinski definition) is 1. The second kappa shape index (κ2) is 6.31. The lowest BCUT2D eigenvalue weighted by Crippen LogP contribution is -2.17. The predicted molar refractivity (Wildman–Crippen MR) is 89.7 cm³/mol. The minimum atomic E-state index is -0.0358. The highest BCUT2D eigenvalue weighted by Gasteiger charge is 2.09. The third kappa shape index (κ3) is 2.81. The third-order valence-electron chi connectivity index (χ3n) is 3.29. The molecule has 0 atom stereocenters. The zero-order valence-corrected chi connectivity index (χ0v) is 12.7. The first-order chi connectivity index (χ1) is 9.70. The Morgan fingerprint density at radius 3 is 2.48 bits per heavy atom. The molecule has 0 fully saturated rings. The van der Waals surface area contributed by atoms with Gasteiger partial charge in [-0.15, -0.1) is 12.4 Å². The fraction of sp³-hybridized carbons (Fsp3) is 0.0625. The number of halogens is 2. The number of nitrogens with two attached hydrogens (primary N) is 1. The highest BCUT2D eigenvalue weighted by molar-refractivity contribution is 6.31. The molecule has 1 heterocycles. The summed E-state index contributed by atoms with van der Waals surface area (Å²) in [7, 11) is 0. The maximum absolute atomic E-state index is 12.3. The van der Waals surface area contributed by atoms with E-state index < -0.39 is 0 Å². The number of rotatable bonds is 2. The summed E-state index contributed by atoms with van der Waals surface area (Å²) >= 11 is 6.06. The summed E-state index contributed by atoms with van der Waals surface area (Å²) in [5, 5.41) is 1.23. The van der Waals surface area contributed by atoms with Crippen LogP contribution in [0.5, 0.6) is 0 Å². The summed E-state index contributed by atoms with van der Waals surface area (Å²) in [4.78, 5) is 12.3. The highest BCUT2D eigenvalue weighted by Crippen LogP contribution is 2.21. The quantitative estimate of drug-likeness (QED) is 0.785. The summed E-state index contributed by atoms with van der Waals surface area (Å²) < 4.78 is 1.95. The van der Waals surface area contributed by atoms with Gasteiger partial charge in [0.05, 0.1) is 5.52 Å². The van der Waals surface area contributed by atoms with E-state index in [0.717, 1.165) is 11.2 Å². The van der Waals surface area contributed by atoms with Gasteiger partial charge in [0.2, 0.25) is 0 Å². The van der Waals surface area contributed by atoms with Crippen LogP contribution in [0.25, 0.3) is 16.6 Å². The van der Waals surface area contributed by atoms with Gasteiger partial charge in [0.25, 0.3) is 0 Å². The highest BCUT2D eigenvalue weighted by atomic mass is 35.5. The predicted octanol–water partition coefficient (Wildman–Crippen LogP) is 3.52. The van der Waals surface area contributed by atoms with Gasteiger partial charge in [0.1, 0.15) is 0 Å². The van der Waals surface area contributed by atoms with Gasteiger partial charge in [-0.1, -0.05) is 29.8 Å². The molecule has 108 valence electrons. The molecule has 0 aliphatic carbocycles. The van der Waals surface area contributed by atoms with Crippen LogP contribution >= 0.6 is 24.0 Å². The number of aromatic nitrogens is 1. The van der Waals surface area contributed by atoms with E-state index in [1.807, 2.05) is 34.9 Å². The van der Waals surface area contributed by atoms with Gasteiger partial charge in [0, 0.05) is 34.4 Å². The molecule has 0 amide bonds. The zero-order valence-electron chi connectivity index (χ0n) is 11.1. The maximum Gasteiger partial charge on any atom is 0.193 e. The van der Waals surface area contributed by atoms with E-state index in [4.69, 9.17) is 17.3 Å². The summed E-state index contributed by atoms with van der Waals surface area (Å²) in [6.45, 7) is 0.213. The van der Waals surface area contributed by atoms with Crippen molar-refractivity contribution in [3.63, 3.8) is 0 Å². The molecule has 0 bridgehead atoms. The fourth-order valence-electron chi connectivity index (χ4n) is 2.30. The Kier molecular flexibility index (Phi) is 4.68. The molecule has 0 aliphatic rings. The number of para-hydroxylation sites is 1. The molecule has 3 aromatic rings. The fourth-order valence-corrected chi connectivity index (χ4v) is 2.47. The van der Waals surface area contributed by atoms with Gasteiger partial charge in [0.15, 0.2) is 5.43 Å². The zero-order chi connectivity index (χ0) is 14.1. The SMILES string of the molecule is Cl.NCc1cn(-c2ccccc2)c2cc(Cl)ccc2c1=O. The Balaban J connectivity index is 0.00000161. The largest absolute Gasteiger partial charge is 0.326 e. The number of fused-ring (bicyclic) bond motifs is 1. The van der Waals surface area contributed by atoms with Crippen LogP contribution in [-0.2, 0) is 6.54 Å². The first-order valence-electron chi connectivity index (χ1n) is 6.30. The molecular formula is C16H14Cl2N2O. The Bertz CT molecular complexity index is 829. The van der Waals surface area contributed by atoms with Crippen molar-refractivity contribution in [2.75, 3.05) is 0 Å². The molecule has 3 nitrogen and oxygen atoms in total. The van der Waals surface area contributed by atoms with E-state index in [9.17, 15) is 4.79 Å². The molecule has 0 radical (unpaired) electrons. The van der Waals surface area contributed by atoms with E-state index in [-0.39, 0.29) is 24.4 Å². The van der Waals surface area contributed by atoms with Crippen LogP contribution in [0.1, 0.15) is 5.56 Å². The van der Waals surface area contributed by atoms with Gasteiger partial charge in [-0.25, -0.2) is 0 Å². The lowest BCUT2D eigenvalue weighted by molar-refractivity contribution is 0.994. The van der Waals surface area contributed by atoms with Crippen molar-refractivity contribution < 1.29 is 0 Å². The Morgan fingerprint density at radius 2 is 1.81 bits per heavy atom. The summed E-state index contributed by atoms with van der Waals surface area (Å²) in [6, 6.07) is 15.1. The Hall–Kier alpha value is -1.81. The topological polar surface area (TPSA) is 48.0 Å². The molecular weight excluding hydrogens is 307 g/mol. The summed E-state index contributed by atoms with van der Waals surface area (Å²) in [6.07, 6.45) is 1.79. The van der Waals surface area contributed by atoms with Crippen molar-refractivity contribution >= 4 is 34.9 Å². The summed E-state index contributed by atoms with van der Waals surface area (Å²) in [5.41, 5.74) is 7.98. The van der Waals surface area contributed by atoms with Crippen LogP contribution in [0.4, 0.5) is 0 Å². The summed E-state index contributed by atoms with van der Waals surface area (Å²) in [5.74, 6) is 0. The van der Waals surface area contributed by atoms with Crippen molar-refractivity contribution in [1.29, 1.82) is 0 Å². The molecule has 3 rings (SSSR count). The molecule has 0 saturated carbocycles. The second-order valence-electron chi connectivity index (χ2n) is 4.55. The van der Waals surface area contributed by atoms with Gasteiger partial charge in [-0.05, 0) is 30.3 Å². The second-order valence-corrected chi connectivity index (χ2v) is 4.99. The Morgan fingerprint density at radius 1 is 1.10 bits per heavy atom. The molecule has 0 aliphatic heterocycles. The smallest absolute Gasteiger partial charge is 0.193 e. The number of nitrogens with zero attached hydrogens (tertiary/aromatic N) is 1. The molecule has 2 aromatic carbocycles. The minimum absolute atomic E-state index is 0. The first-order valence-corrected chi connectivity index (χ1v) is 6.68. The molecule has 0 spiro atoms. The average molecular weight is 321 g/mol. The molecule has 5 heteroatoms. The van der Waals surface area contributed by atoms with E-state index in [1.165, 1.54) is 0 Å². The number of benzene rings is 2. The first kappa shape index (κ1) is 15.6. The van der Waals surface area contributed by atoms with E-state index in [1.54, 1.807) is 24.4 Å². The van der Waals surface area contributed by atoms with E-state index in [2.05, 4.69) is 0 Å². The van der Waals surface area contributed by atoms with Crippen LogP contribution in [-0.4, -0.2) is 4.57 Å². The van der Waals surface area contributed by atoms with Gasteiger partial charge in [-0.3, -0.25) is 4.79 Å². The lowest BCUT2D eigenvalue weighted by atomic mass is 10.1. The van der Waals surface area contributed by atoms with Crippen molar-refractivity contribution in [3.8, 4) is 5.69 Å². The van der Waals surface area contributed by atoms with E-state index in [0.29, 0.717) is 16.0 Å². The minimum Gasteiger partial charge on any atom is -0.326 e. The van der Waals surface area contributed by atoms with Gasteiger partial charge >= 0.3 is 0 Å². The van der Waals surface area contributed by atoms with E-state index >= 15 is 0 Å². The maximum atomic E-state index is 12.3. The van der Waals surface area contributed by atoms with Crippen LogP contribution in [0, 0.1) is 0 Å². The van der Waals surface area contributed by atoms with Crippen LogP contribution in [0.2, 0.25) is 5.02 Å². The molecule has 1 aromatic heterocycles. The third-order valence-corrected chi connectivity index (χ3v) is 3.53. The van der Waals surface area contributed by atoms with Crippen LogP contribution in [0.15, 0.2) is 59.5 Å². The normalized spacial score (nSPS) is 10.4. The molecule has 0 saturated heterocycles.